The van der Waals surface area contributed by atoms with Crippen molar-refractivity contribution in [3.05, 3.63) is 33.8 Å². The summed E-state index contributed by atoms with van der Waals surface area (Å²) in [6, 6.07) is 6.08. The summed E-state index contributed by atoms with van der Waals surface area (Å²) in [5.41, 5.74) is 1.33. The molecule has 0 amide bonds. The Kier molecular flexibility index (Phi) is 10.0. The molecule has 0 saturated carbocycles. The quantitative estimate of drug-likeness (QED) is 0.354. The van der Waals surface area contributed by atoms with Gasteiger partial charge < -0.3 is 0 Å². The molecule has 0 aliphatic heterocycles. The molecule has 128 valence electrons. The monoisotopic (exact) mass is 362 g/mol. The molecule has 22 heavy (non-hydrogen) atoms. The van der Waals surface area contributed by atoms with E-state index in [1.54, 1.807) is 0 Å². The van der Waals surface area contributed by atoms with E-state index in [9.17, 15) is 0 Å². The Morgan fingerprint density at radius 3 is 1.73 bits per heavy atom. The number of rotatable bonds is 11. The molecule has 0 N–H and O–H groups in total. The first-order valence-corrected chi connectivity index (χ1v) is 12.6. The summed E-state index contributed by atoms with van der Waals surface area (Å²) in [5.74, 6) is 0. The molecule has 0 atom stereocenters. The van der Waals surface area contributed by atoms with Crippen molar-refractivity contribution < 1.29 is 0 Å². The zero-order valence-electron chi connectivity index (χ0n) is 14.6. The van der Waals surface area contributed by atoms with Gasteiger partial charge >= 0.3 is 148 Å². The van der Waals surface area contributed by atoms with Crippen LogP contribution in [0.3, 0.4) is 0 Å². The molecule has 0 bridgehead atoms. The molecule has 3 heteroatoms. The molecule has 0 heterocycles. The summed E-state index contributed by atoms with van der Waals surface area (Å²) in [6.07, 6.45) is 13.7. The van der Waals surface area contributed by atoms with Gasteiger partial charge in [0.2, 0.25) is 0 Å². The SMILES string of the molecule is CCCC[PH](CCCC)(CCCC)Cc1ccc(Cl)cc1Cl. The summed E-state index contributed by atoms with van der Waals surface area (Å²) < 4.78 is 0. The van der Waals surface area contributed by atoms with E-state index in [0.717, 1.165) is 10.0 Å². The van der Waals surface area contributed by atoms with Crippen LogP contribution in [0.5, 0.6) is 0 Å². The van der Waals surface area contributed by atoms with Gasteiger partial charge in [-0.15, -0.1) is 0 Å². The Hall–Kier alpha value is 0.230. The third-order valence-corrected chi connectivity index (χ3v) is 10.7. The second kappa shape index (κ2) is 10.9. The molecule has 0 aliphatic carbocycles. The van der Waals surface area contributed by atoms with Crippen LogP contribution >= 0.6 is 30.5 Å². The van der Waals surface area contributed by atoms with Crippen LogP contribution in [-0.2, 0) is 6.16 Å². The number of hydrogen-bond acceptors (Lipinski definition) is 0. The van der Waals surface area contributed by atoms with Crippen LogP contribution in [0.15, 0.2) is 18.2 Å². The van der Waals surface area contributed by atoms with Crippen LogP contribution in [0, 0.1) is 0 Å². The Bertz CT molecular complexity index is 410. The third kappa shape index (κ3) is 6.77. The van der Waals surface area contributed by atoms with Gasteiger partial charge in [-0.05, 0) is 0 Å². The van der Waals surface area contributed by atoms with E-state index in [1.165, 1.54) is 68.7 Å². The normalized spacial score (nSPS) is 12.6. The summed E-state index contributed by atoms with van der Waals surface area (Å²) >= 11 is 12.5. The van der Waals surface area contributed by atoms with Crippen molar-refractivity contribution in [3.63, 3.8) is 0 Å². The Morgan fingerprint density at radius 1 is 0.818 bits per heavy atom. The molecule has 0 spiro atoms. The van der Waals surface area contributed by atoms with E-state index in [1.807, 2.05) is 12.1 Å². The van der Waals surface area contributed by atoms with Gasteiger partial charge in [0.25, 0.3) is 0 Å². The molecule has 0 aliphatic rings. The molecule has 0 aromatic heterocycles. The van der Waals surface area contributed by atoms with Crippen LogP contribution in [-0.4, -0.2) is 18.5 Å². The fourth-order valence-electron chi connectivity index (χ4n) is 3.36. The van der Waals surface area contributed by atoms with Gasteiger partial charge in [0.05, 0.1) is 0 Å². The maximum absolute atomic E-state index is 6.48. The summed E-state index contributed by atoms with van der Waals surface area (Å²) in [6.45, 7) is 6.94. The maximum atomic E-state index is 6.48. The predicted molar refractivity (Wildman–Crippen MR) is 108 cm³/mol. The average molecular weight is 363 g/mol. The van der Waals surface area contributed by atoms with Crippen molar-refractivity contribution in [2.75, 3.05) is 18.5 Å². The standard InChI is InChI=1S/C19H33Cl2P/c1-4-7-12-22(13-8-5-2,14-9-6-3)16-17-10-11-18(20)15-19(17)21/h10-11,15,22H,4-9,12-14,16H2,1-3H3. The third-order valence-electron chi connectivity index (χ3n) is 4.76. The Labute approximate surface area is 148 Å². The van der Waals surface area contributed by atoms with Gasteiger partial charge in [-0.2, -0.15) is 0 Å². The molecular weight excluding hydrogens is 330 g/mol. The zero-order chi connectivity index (χ0) is 16.4. The van der Waals surface area contributed by atoms with E-state index in [2.05, 4.69) is 26.8 Å². The number of benzene rings is 1. The number of unbranched alkanes of at least 4 members (excludes halogenated alkanes) is 3. The van der Waals surface area contributed by atoms with Crippen molar-refractivity contribution >= 4 is 30.5 Å². The molecule has 1 aromatic rings. The van der Waals surface area contributed by atoms with E-state index >= 15 is 0 Å². The van der Waals surface area contributed by atoms with Crippen molar-refractivity contribution in [3.8, 4) is 0 Å². The van der Waals surface area contributed by atoms with Crippen LogP contribution in [0.2, 0.25) is 10.0 Å². The summed E-state index contributed by atoms with van der Waals surface area (Å²) in [4.78, 5) is 0. The summed E-state index contributed by atoms with van der Waals surface area (Å²) in [5, 5.41) is 1.62. The molecular formula is C19H33Cl2P. The van der Waals surface area contributed by atoms with Crippen molar-refractivity contribution in [1.29, 1.82) is 0 Å². The van der Waals surface area contributed by atoms with E-state index in [0.29, 0.717) is 0 Å². The van der Waals surface area contributed by atoms with Crippen molar-refractivity contribution in [2.45, 2.75) is 65.5 Å². The van der Waals surface area contributed by atoms with E-state index in [-0.39, 0.29) is 0 Å². The first kappa shape index (κ1) is 20.3. The first-order chi connectivity index (χ1) is 10.6. The topological polar surface area (TPSA) is 0 Å². The van der Waals surface area contributed by atoms with Gasteiger partial charge in [0.15, 0.2) is 0 Å². The zero-order valence-corrected chi connectivity index (χ0v) is 17.1. The fourth-order valence-corrected chi connectivity index (χ4v) is 9.66. The van der Waals surface area contributed by atoms with E-state index in [4.69, 9.17) is 23.2 Å². The predicted octanol–water partition coefficient (Wildman–Crippen LogP) is 7.64. The minimum absolute atomic E-state index is 0.747. The second-order valence-corrected chi connectivity index (χ2v) is 12.4. The van der Waals surface area contributed by atoms with E-state index < -0.39 is 7.26 Å². The van der Waals surface area contributed by atoms with Crippen molar-refractivity contribution in [1.82, 2.24) is 0 Å². The van der Waals surface area contributed by atoms with Gasteiger partial charge in [-0.25, -0.2) is 0 Å². The molecule has 0 radical (unpaired) electrons. The molecule has 0 nitrogen and oxygen atoms in total. The van der Waals surface area contributed by atoms with Crippen LogP contribution < -0.4 is 0 Å². The second-order valence-electron chi connectivity index (χ2n) is 6.72. The van der Waals surface area contributed by atoms with Crippen LogP contribution in [0.1, 0.15) is 64.9 Å². The fraction of sp³-hybridized carbons (Fsp3) is 0.684. The van der Waals surface area contributed by atoms with Gasteiger partial charge in [0, 0.05) is 0 Å². The molecule has 1 aromatic carbocycles. The molecule has 0 unspecified atom stereocenters. The molecule has 1 rings (SSSR count). The Balaban J connectivity index is 2.97. The van der Waals surface area contributed by atoms with Gasteiger partial charge in [-0.3, -0.25) is 0 Å². The molecule has 0 saturated heterocycles. The average Bonchev–Trinajstić information content (AvgIpc) is 2.51. The van der Waals surface area contributed by atoms with Crippen LogP contribution in [0.4, 0.5) is 0 Å². The minimum atomic E-state index is -1.28. The van der Waals surface area contributed by atoms with Gasteiger partial charge in [0.1, 0.15) is 0 Å². The summed E-state index contributed by atoms with van der Waals surface area (Å²) in [7, 11) is -1.28. The Morgan fingerprint density at radius 2 is 1.32 bits per heavy atom. The number of halogens is 2. The molecule has 0 fully saturated rings. The van der Waals surface area contributed by atoms with Crippen molar-refractivity contribution in [2.24, 2.45) is 0 Å². The number of hydrogen-bond donors (Lipinski definition) is 0. The van der Waals surface area contributed by atoms with Crippen LogP contribution in [0.25, 0.3) is 0 Å². The first-order valence-electron chi connectivity index (χ1n) is 9.01. The van der Waals surface area contributed by atoms with Gasteiger partial charge in [-0.1, -0.05) is 0 Å².